The molecule has 0 aromatic rings. The molecule has 0 aromatic carbocycles. The van der Waals surface area contributed by atoms with Gasteiger partial charge in [0.2, 0.25) is 0 Å². The van der Waals surface area contributed by atoms with E-state index in [1.165, 1.54) is 6.66 Å². The fraction of sp³-hybridized carbons (Fsp3) is 1.00. The Morgan fingerprint density at radius 3 is 2.25 bits per heavy atom. The Hall–Kier alpha value is 0.340. The first-order valence-electron chi connectivity index (χ1n) is 5.24. The predicted octanol–water partition coefficient (Wildman–Crippen LogP) is 2.81. The van der Waals surface area contributed by atoms with Crippen molar-refractivity contribution in [1.82, 2.24) is 0 Å². The van der Waals surface area contributed by atoms with Crippen LogP contribution in [0.5, 0.6) is 0 Å². The highest BCUT2D eigenvalue weighted by atomic mass is 31.2. The predicted molar refractivity (Wildman–Crippen MR) is 63.6 cm³/mol. The molecule has 16 heavy (non-hydrogen) atoms. The van der Waals surface area contributed by atoms with E-state index in [2.05, 4.69) is 0 Å². The third-order valence-electron chi connectivity index (χ3n) is 2.64. The van der Waals surface area contributed by atoms with E-state index in [0.29, 0.717) is 19.8 Å². The van der Waals surface area contributed by atoms with Crippen molar-refractivity contribution in [3.8, 4) is 0 Å². The minimum absolute atomic E-state index is 0.313. The lowest BCUT2D eigenvalue weighted by molar-refractivity contribution is -0.0132. The third-order valence-corrected chi connectivity index (χ3v) is 4.59. The standard InChI is InChI=1S/C9H20O5P2/c1-5-9(6-12-15(2,3)10)7-13-16(4,11)14-8-9/h5-8H2,1-4H3. The van der Waals surface area contributed by atoms with Crippen molar-refractivity contribution in [2.45, 2.75) is 13.3 Å². The molecule has 0 N–H and O–H groups in total. The molecular weight excluding hydrogens is 250 g/mol. The molecule has 96 valence electrons. The summed E-state index contributed by atoms with van der Waals surface area (Å²) in [7, 11) is -5.37. The van der Waals surface area contributed by atoms with Gasteiger partial charge in [-0.2, -0.15) is 0 Å². The molecular formula is C9H20O5P2. The van der Waals surface area contributed by atoms with E-state index in [1.54, 1.807) is 13.3 Å². The number of rotatable bonds is 4. The highest BCUT2D eigenvalue weighted by Crippen LogP contribution is 2.52. The first-order valence-corrected chi connectivity index (χ1v) is 9.75. The van der Waals surface area contributed by atoms with Gasteiger partial charge in [-0.3, -0.25) is 9.13 Å². The zero-order valence-corrected chi connectivity index (χ0v) is 12.1. The summed E-state index contributed by atoms with van der Waals surface area (Å²) in [5.74, 6) is 0. The second kappa shape index (κ2) is 4.91. The minimum atomic E-state index is -2.87. The SMILES string of the molecule is CCC1(COP(C)(C)=O)COP(C)(=O)OC1. The van der Waals surface area contributed by atoms with Gasteiger partial charge in [-0.05, 0) is 6.42 Å². The molecule has 1 fully saturated rings. The van der Waals surface area contributed by atoms with Crippen molar-refractivity contribution in [3.05, 3.63) is 0 Å². The van der Waals surface area contributed by atoms with Crippen molar-refractivity contribution in [2.24, 2.45) is 5.41 Å². The van der Waals surface area contributed by atoms with Crippen LogP contribution in [0.2, 0.25) is 0 Å². The van der Waals surface area contributed by atoms with Crippen LogP contribution < -0.4 is 0 Å². The summed E-state index contributed by atoms with van der Waals surface area (Å²) in [6.07, 6.45) is 0.771. The Kier molecular flexibility index (Phi) is 4.42. The van der Waals surface area contributed by atoms with Gasteiger partial charge in [-0.1, -0.05) is 6.92 Å². The Balaban J connectivity index is 2.60. The lowest BCUT2D eigenvalue weighted by atomic mass is 9.88. The second-order valence-electron chi connectivity index (χ2n) is 4.70. The first kappa shape index (κ1) is 14.4. The third kappa shape index (κ3) is 4.31. The van der Waals surface area contributed by atoms with Crippen LogP contribution in [0.15, 0.2) is 0 Å². The molecule has 1 aliphatic heterocycles. The summed E-state index contributed by atoms with van der Waals surface area (Å²) in [6, 6.07) is 0. The molecule has 0 radical (unpaired) electrons. The summed E-state index contributed by atoms with van der Waals surface area (Å²) in [4.78, 5) is 0. The second-order valence-corrected chi connectivity index (χ2v) is 9.52. The van der Waals surface area contributed by atoms with E-state index in [0.717, 1.165) is 6.42 Å². The van der Waals surface area contributed by atoms with Crippen LogP contribution in [0.1, 0.15) is 13.3 Å². The van der Waals surface area contributed by atoms with Crippen LogP contribution in [-0.2, 0) is 22.7 Å². The zero-order valence-electron chi connectivity index (χ0n) is 10.3. The van der Waals surface area contributed by atoms with Crippen LogP contribution in [0.25, 0.3) is 0 Å². The van der Waals surface area contributed by atoms with Gasteiger partial charge in [0, 0.05) is 25.4 Å². The fourth-order valence-electron chi connectivity index (χ4n) is 1.27. The molecule has 0 atom stereocenters. The maximum atomic E-state index is 11.5. The van der Waals surface area contributed by atoms with Crippen molar-refractivity contribution < 1.29 is 22.7 Å². The highest BCUT2D eigenvalue weighted by molar-refractivity contribution is 7.57. The van der Waals surface area contributed by atoms with Gasteiger partial charge in [0.25, 0.3) is 0 Å². The maximum absolute atomic E-state index is 11.5. The lowest BCUT2D eigenvalue weighted by Crippen LogP contribution is -2.38. The zero-order chi connectivity index (χ0) is 12.4. The van der Waals surface area contributed by atoms with E-state index in [1.807, 2.05) is 6.92 Å². The molecule has 1 saturated heterocycles. The monoisotopic (exact) mass is 270 g/mol. The Morgan fingerprint density at radius 2 is 1.88 bits per heavy atom. The van der Waals surface area contributed by atoms with Gasteiger partial charge in [0.15, 0.2) is 7.37 Å². The highest BCUT2D eigenvalue weighted by Gasteiger charge is 2.39. The van der Waals surface area contributed by atoms with Gasteiger partial charge in [-0.25, -0.2) is 0 Å². The fourth-order valence-corrected chi connectivity index (χ4v) is 2.95. The first-order chi connectivity index (χ1) is 7.18. The van der Waals surface area contributed by atoms with E-state index in [9.17, 15) is 9.13 Å². The summed E-state index contributed by atoms with van der Waals surface area (Å²) < 4.78 is 38.7. The summed E-state index contributed by atoms with van der Waals surface area (Å²) in [6.45, 7) is 7.57. The Morgan fingerprint density at radius 1 is 1.38 bits per heavy atom. The van der Waals surface area contributed by atoms with Crippen LogP contribution in [0.3, 0.4) is 0 Å². The van der Waals surface area contributed by atoms with Crippen LogP contribution >= 0.6 is 15.0 Å². The summed E-state index contributed by atoms with van der Waals surface area (Å²) >= 11 is 0. The molecule has 1 heterocycles. The van der Waals surface area contributed by atoms with Gasteiger partial charge >= 0.3 is 7.60 Å². The molecule has 0 saturated carbocycles. The molecule has 1 rings (SSSR count). The number of hydrogen-bond donors (Lipinski definition) is 0. The lowest BCUT2D eigenvalue weighted by Gasteiger charge is -2.37. The van der Waals surface area contributed by atoms with E-state index < -0.39 is 15.0 Å². The molecule has 7 heteroatoms. The van der Waals surface area contributed by atoms with Gasteiger partial charge in [0.1, 0.15) is 0 Å². The average molecular weight is 270 g/mol. The topological polar surface area (TPSA) is 61.8 Å². The van der Waals surface area contributed by atoms with Crippen molar-refractivity contribution in [1.29, 1.82) is 0 Å². The maximum Gasteiger partial charge on any atom is 0.327 e. The Labute approximate surface area is 96.8 Å². The molecule has 0 amide bonds. The van der Waals surface area contributed by atoms with Gasteiger partial charge < -0.3 is 13.6 Å². The molecule has 0 unspecified atom stereocenters. The molecule has 0 bridgehead atoms. The van der Waals surface area contributed by atoms with Crippen molar-refractivity contribution >= 4 is 15.0 Å². The van der Waals surface area contributed by atoms with Crippen LogP contribution in [0, 0.1) is 5.41 Å². The van der Waals surface area contributed by atoms with E-state index in [4.69, 9.17) is 13.6 Å². The average Bonchev–Trinajstić information content (AvgIpc) is 2.16. The quantitative estimate of drug-likeness (QED) is 0.735. The smallest absolute Gasteiger partial charge is 0.327 e. The largest absolute Gasteiger partial charge is 0.328 e. The summed E-state index contributed by atoms with van der Waals surface area (Å²) in [5.41, 5.74) is -0.328. The molecule has 5 nitrogen and oxygen atoms in total. The molecule has 0 spiro atoms. The molecule has 0 aliphatic carbocycles. The van der Waals surface area contributed by atoms with E-state index in [-0.39, 0.29) is 5.41 Å². The Bertz CT molecular complexity index is 323. The normalized spacial score (nSPS) is 36.2. The van der Waals surface area contributed by atoms with Crippen molar-refractivity contribution in [3.63, 3.8) is 0 Å². The summed E-state index contributed by atoms with van der Waals surface area (Å²) in [5, 5.41) is 0. The van der Waals surface area contributed by atoms with Crippen LogP contribution in [0.4, 0.5) is 0 Å². The van der Waals surface area contributed by atoms with Gasteiger partial charge in [0.05, 0.1) is 19.8 Å². The molecule has 0 aromatic heterocycles. The minimum Gasteiger partial charge on any atom is -0.328 e. The molecule has 1 aliphatic rings. The number of hydrogen-bond acceptors (Lipinski definition) is 5. The van der Waals surface area contributed by atoms with Crippen LogP contribution in [-0.4, -0.2) is 39.8 Å². The van der Waals surface area contributed by atoms with E-state index >= 15 is 0 Å². The van der Waals surface area contributed by atoms with Crippen molar-refractivity contribution in [2.75, 3.05) is 39.8 Å². The van der Waals surface area contributed by atoms with Gasteiger partial charge in [-0.15, -0.1) is 0 Å².